The standard InChI is InChI=1S/C15H20N4O.C9H12N2.C2H6O/c1-5-19-14(17-10(2)13(16)15(19)20)11-6-8-12(9-7-11)18(3)4;1-2-6-10-9(5-1)11-7-3-4-8-11;1-2-3/h6-9H,5,16H2,1-4H3;1-2,5-6H,3-4,7-8H2;3H,2H2,1H3. The van der Waals surface area contributed by atoms with Crippen LogP contribution in [0.3, 0.4) is 0 Å². The van der Waals surface area contributed by atoms with E-state index < -0.39 is 0 Å². The topological polar surface area (TPSA) is 101 Å². The van der Waals surface area contributed by atoms with Crippen molar-refractivity contribution in [3.05, 3.63) is 64.7 Å². The highest BCUT2D eigenvalue weighted by Gasteiger charge is 2.13. The van der Waals surface area contributed by atoms with Gasteiger partial charge in [-0.05, 0) is 70.0 Å². The van der Waals surface area contributed by atoms with Crippen LogP contribution in [0.4, 0.5) is 17.2 Å². The fourth-order valence-corrected chi connectivity index (χ4v) is 3.59. The van der Waals surface area contributed by atoms with Crippen molar-refractivity contribution in [3.63, 3.8) is 0 Å². The molecule has 0 aliphatic carbocycles. The van der Waals surface area contributed by atoms with Crippen molar-refractivity contribution in [2.24, 2.45) is 0 Å². The number of nitrogens with two attached hydrogens (primary N) is 1. The molecule has 0 bridgehead atoms. The minimum Gasteiger partial charge on any atom is -0.397 e. The molecule has 4 rings (SSSR count). The second-order valence-electron chi connectivity index (χ2n) is 8.12. The van der Waals surface area contributed by atoms with Gasteiger partial charge in [-0.25, -0.2) is 9.97 Å². The zero-order valence-corrected chi connectivity index (χ0v) is 21.0. The number of hydrogen-bond acceptors (Lipinski definition) is 7. The SMILES string of the molecule is CCO.CCn1c(-c2ccc(N(C)C)cc2)nc(C)c(N)c1=O.c1ccc(N2CCCC2)nc1. The predicted molar refractivity (Wildman–Crippen MR) is 142 cm³/mol. The number of aliphatic hydroxyl groups is 1. The Kier molecular flexibility index (Phi) is 10.5. The molecule has 2 aromatic heterocycles. The fourth-order valence-electron chi connectivity index (χ4n) is 3.59. The molecule has 0 amide bonds. The van der Waals surface area contributed by atoms with Crippen molar-refractivity contribution >= 4 is 17.2 Å². The van der Waals surface area contributed by atoms with E-state index in [2.05, 4.69) is 20.9 Å². The molecular weight excluding hydrogens is 428 g/mol. The van der Waals surface area contributed by atoms with Gasteiger partial charge in [0.05, 0.1) is 5.69 Å². The Hall–Kier alpha value is -3.39. The van der Waals surface area contributed by atoms with E-state index in [1.165, 1.54) is 25.9 Å². The van der Waals surface area contributed by atoms with E-state index in [4.69, 9.17) is 10.8 Å². The Morgan fingerprint density at radius 2 is 1.68 bits per heavy atom. The van der Waals surface area contributed by atoms with Gasteiger partial charge >= 0.3 is 0 Å². The van der Waals surface area contributed by atoms with Crippen LogP contribution >= 0.6 is 0 Å². The van der Waals surface area contributed by atoms with Crippen LogP contribution < -0.4 is 21.1 Å². The van der Waals surface area contributed by atoms with Gasteiger partial charge in [0, 0.05) is 57.8 Å². The third kappa shape index (κ3) is 7.05. The van der Waals surface area contributed by atoms with Gasteiger partial charge in [-0.1, -0.05) is 6.07 Å². The number of hydrogen-bond donors (Lipinski definition) is 2. The summed E-state index contributed by atoms with van der Waals surface area (Å²) in [6.45, 7) is 8.50. The lowest BCUT2D eigenvalue weighted by atomic mass is 10.1. The number of pyridine rings is 1. The predicted octanol–water partition coefficient (Wildman–Crippen LogP) is 3.57. The van der Waals surface area contributed by atoms with Crippen LogP contribution in [-0.2, 0) is 6.54 Å². The first-order valence-electron chi connectivity index (χ1n) is 11.7. The van der Waals surface area contributed by atoms with Gasteiger partial charge in [-0.15, -0.1) is 0 Å². The molecule has 1 aromatic carbocycles. The molecule has 1 saturated heterocycles. The quantitative estimate of drug-likeness (QED) is 0.606. The molecule has 0 atom stereocenters. The van der Waals surface area contributed by atoms with Gasteiger partial charge in [0.15, 0.2) is 0 Å². The third-order valence-corrected chi connectivity index (χ3v) is 5.43. The minimum atomic E-state index is -0.174. The van der Waals surface area contributed by atoms with E-state index in [0.717, 1.165) is 17.1 Å². The Labute approximate surface area is 202 Å². The maximum atomic E-state index is 12.2. The van der Waals surface area contributed by atoms with Crippen molar-refractivity contribution in [2.75, 3.05) is 49.3 Å². The number of anilines is 3. The molecule has 1 fully saturated rings. The second-order valence-corrected chi connectivity index (χ2v) is 8.12. The van der Waals surface area contributed by atoms with Gasteiger partial charge in [-0.3, -0.25) is 9.36 Å². The molecule has 8 heteroatoms. The lowest BCUT2D eigenvalue weighted by Gasteiger charge is -2.15. The number of aromatic nitrogens is 3. The first-order chi connectivity index (χ1) is 16.3. The molecule has 3 heterocycles. The maximum absolute atomic E-state index is 12.2. The highest BCUT2D eigenvalue weighted by Crippen LogP contribution is 2.21. The van der Waals surface area contributed by atoms with E-state index in [1.807, 2.05) is 68.5 Å². The summed E-state index contributed by atoms with van der Waals surface area (Å²) >= 11 is 0. The molecule has 3 aromatic rings. The fraction of sp³-hybridized carbons (Fsp3) is 0.423. The second kappa shape index (κ2) is 13.3. The van der Waals surface area contributed by atoms with Crippen molar-refractivity contribution in [1.29, 1.82) is 0 Å². The minimum absolute atomic E-state index is 0.174. The zero-order chi connectivity index (χ0) is 25.1. The van der Waals surface area contributed by atoms with Gasteiger partial charge in [0.2, 0.25) is 0 Å². The summed E-state index contributed by atoms with van der Waals surface area (Å²) in [7, 11) is 3.98. The molecule has 0 radical (unpaired) electrons. The number of aliphatic hydroxyl groups excluding tert-OH is 1. The summed E-state index contributed by atoms with van der Waals surface area (Å²) in [5, 5.41) is 7.57. The van der Waals surface area contributed by atoms with Gasteiger partial charge in [-0.2, -0.15) is 0 Å². The Balaban J connectivity index is 0.000000243. The van der Waals surface area contributed by atoms with E-state index >= 15 is 0 Å². The summed E-state index contributed by atoms with van der Waals surface area (Å²) in [6, 6.07) is 14.0. The Morgan fingerprint density at radius 3 is 2.18 bits per heavy atom. The molecule has 1 aliphatic rings. The van der Waals surface area contributed by atoms with Gasteiger partial charge in [0.25, 0.3) is 5.56 Å². The lowest BCUT2D eigenvalue weighted by molar-refractivity contribution is 0.318. The van der Waals surface area contributed by atoms with Gasteiger partial charge in [0.1, 0.15) is 17.3 Å². The Morgan fingerprint density at radius 1 is 1.06 bits per heavy atom. The lowest BCUT2D eigenvalue weighted by Crippen LogP contribution is -2.26. The number of aryl methyl sites for hydroxylation is 1. The van der Waals surface area contributed by atoms with Crippen molar-refractivity contribution < 1.29 is 5.11 Å². The van der Waals surface area contributed by atoms with Crippen LogP contribution in [0, 0.1) is 6.92 Å². The van der Waals surface area contributed by atoms with Crippen LogP contribution in [0.1, 0.15) is 32.4 Å². The molecule has 0 unspecified atom stereocenters. The summed E-state index contributed by atoms with van der Waals surface area (Å²) in [4.78, 5) is 25.3. The summed E-state index contributed by atoms with van der Waals surface area (Å²) in [5.41, 5.74) is 8.41. The highest BCUT2D eigenvalue weighted by atomic mass is 16.2. The normalized spacial score (nSPS) is 12.4. The van der Waals surface area contributed by atoms with E-state index in [9.17, 15) is 4.79 Å². The molecular formula is C26H38N6O2. The summed E-state index contributed by atoms with van der Waals surface area (Å²) in [5.74, 6) is 1.79. The largest absolute Gasteiger partial charge is 0.397 e. The first-order valence-corrected chi connectivity index (χ1v) is 11.7. The summed E-state index contributed by atoms with van der Waals surface area (Å²) in [6.07, 6.45) is 4.49. The number of rotatable bonds is 4. The van der Waals surface area contributed by atoms with Crippen LogP contribution in [0.2, 0.25) is 0 Å². The van der Waals surface area contributed by atoms with Crippen LogP contribution in [0.5, 0.6) is 0 Å². The van der Waals surface area contributed by atoms with Crippen LogP contribution in [0.25, 0.3) is 11.4 Å². The molecule has 0 saturated carbocycles. The molecule has 34 heavy (non-hydrogen) atoms. The number of benzene rings is 1. The van der Waals surface area contributed by atoms with Crippen molar-refractivity contribution in [1.82, 2.24) is 14.5 Å². The Bertz CT molecular complexity index is 1060. The van der Waals surface area contributed by atoms with Gasteiger partial charge < -0.3 is 20.6 Å². The summed E-state index contributed by atoms with van der Waals surface area (Å²) < 4.78 is 1.60. The molecule has 8 nitrogen and oxygen atoms in total. The molecule has 1 aliphatic heterocycles. The molecule has 184 valence electrons. The third-order valence-electron chi connectivity index (χ3n) is 5.43. The monoisotopic (exact) mass is 466 g/mol. The highest BCUT2D eigenvalue weighted by molar-refractivity contribution is 5.62. The van der Waals surface area contributed by atoms with E-state index in [1.54, 1.807) is 18.4 Å². The zero-order valence-electron chi connectivity index (χ0n) is 21.0. The van der Waals surface area contributed by atoms with Crippen LogP contribution in [-0.4, -0.2) is 53.4 Å². The van der Waals surface area contributed by atoms with E-state index in [-0.39, 0.29) is 17.9 Å². The number of nitrogen functional groups attached to an aromatic ring is 1. The van der Waals surface area contributed by atoms with Crippen LogP contribution in [0.15, 0.2) is 53.5 Å². The van der Waals surface area contributed by atoms with Crippen molar-refractivity contribution in [2.45, 2.75) is 40.2 Å². The molecule has 3 N–H and O–H groups in total. The maximum Gasteiger partial charge on any atom is 0.277 e. The van der Waals surface area contributed by atoms with E-state index in [0.29, 0.717) is 18.1 Å². The average Bonchev–Trinajstić information content (AvgIpc) is 3.39. The molecule has 0 spiro atoms. The average molecular weight is 467 g/mol. The number of nitrogens with zero attached hydrogens (tertiary/aromatic N) is 5. The van der Waals surface area contributed by atoms with Crippen molar-refractivity contribution in [3.8, 4) is 11.4 Å². The first kappa shape index (κ1) is 26.9. The smallest absolute Gasteiger partial charge is 0.277 e.